The van der Waals surface area contributed by atoms with Gasteiger partial charge in [0, 0.05) is 21.8 Å². The highest BCUT2D eigenvalue weighted by atomic mass is 127. The minimum Gasteiger partial charge on any atom is -0.399 e. The summed E-state index contributed by atoms with van der Waals surface area (Å²) in [5, 5.41) is 0. The van der Waals surface area contributed by atoms with Crippen LogP contribution in [0.3, 0.4) is 0 Å². The number of nitrogen functional groups attached to an aromatic ring is 1. The zero-order chi connectivity index (χ0) is 13.8. The zero-order valence-corrected chi connectivity index (χ0v) is 13.5. The molecule has 0 heterocycles. The number of nitrogens with two attached hydrogens (primary N) is 1. The Kier molecular flexibility index (Phi) is 4.82. The van der Waals surface area contributed by atoms with Gasteiger partial charge in [0.25, 0.3) is 0 Å². The highest BCUT2D eigenvalue weighted by Crippen LogP contribution is 2.22. The van der Waals surface area contributed by atoms with Gasteiger partial charge in [-0.1, -0.05) is 24.3 Å². The first-order valence-corrected chi connectivity index (χ1v) is 7.44. The van der Waals surface area contributed by atoms with E-state index >= 15 is 0 Å². The molecule has 0 aromatic heterocycles. The van der Waals surface area contributed by atoms with Crippen LogP contribution in [-0.4, -0.2) is 11.9 Å². The fourth-order valence-corrected chi connectivity index (χ4v) is 2.45. The second-order valence-corrected chi connectivity index (χ2v) is 6.13. The summed E-state index contributed by atoms with van der Waals surface area (Å²) < 4.78 is 1.27. The summed E-state index contributed by atoms with van der Waals surface area (Å²) in [5.74, 6) is 0. The number of halogens is 1. The van der Waals surface area contributed by atoms with E-state index < -0.39 is 0 Å². The smallest absolute Gasteiger partial charge is 0.0321 e. The van der Waals surface area contributed by atoms with Gasteiger partial charge in [-0.2, -0.15) is 0 Å². The van der Waals surface area contributed by atoms with E-state index in [1.165, 1.54) is 14.7 Å². The van der Waals surface area contributed by atoms with Crippen LogP contribution < -0.4 is 5.73 Å². The largest absolute Gasteiger partial charge is 0.399 e. The van der Waals surface area contributed by atoms with Crippen molar-refractivity contribution in [1.29, 1.82) is 0 Å². The highest BCUT2D eigenvalue weighted by molar-refractivity contribution is 14.1. The topological polar surface area (TPSA) is 29.3 Å². The molecule has 3 heteroatoms. The van der Waals surface area contributed by atoms with E-state index in [0.29, 0.717) is 6.04 Å². The Labute approximate surface area is 128 Å². The van der Waals surface area contributed by atoms with Crippen LogP contribution in [0.5, 0.6) is 0 Å². The molecule has 0 spiro atoms. The first kappa shape index (κ1) is 14.3. The minimum atomic E-state index is 0.350. The Hall–Kier alpha value is -1.07. The van der Waals surface area contributed by atoms with Crippen molar-refractivity contribution in [1.82, 2.24) is 4.90 Å². The minimum absolute atomic E-state index is 0.350. The molecule has 0 fully saturated rings. The van der Waals surface area contributed by atoms with Crippen molar-refractivity contribution >= 4 is 28.3 Å². The first-order valence-electron chi connectivity index (χ1n) is 6.36. The number of benzene rings is 2. The molecule has 2 N–H and O–H groups in total. The molecular weight excluding hydrogens is 347 g/mol. The van der Waals surface area contributed by atoms with Gasteiger partial charge in [-0.3, -0.25) is 4.90 Å². The SMILES string of the molecule is CC(c1cccc(N)c1)N(C)Cc1ccc(I)cc1. The molecule has 0 radical (unpaired) electrons. The highest BCUT2D eigenvalue weighted by Gasteiger charge is 2.12. The average Bonchev–Trinajstić information content (AvgIpc) is 2.40. The van der Waals surface area contributed by atoms with Crippen molar-refractivity contribution < 1.29 is 0 Å². The van der Waals surface area contributed by atoms with E-state index in [2.05, 4.69) is 77.9 Å². The molecule has 0 amide bonds. The Morgan fingerprint density at radius 1 is 1.16 bits per heavy atom. The van der Waals surface area contributed by atoms with Crippen molar-refractivity contribution in [3.05, 3.63) is 63.2 Å². The maximum absolute atomic E-state index is 5.85. The number of rotatable bonds is 4. The van der Waals surface area contributed by atoms with Crippen LogP contribution in [0.15, 0.2) is 48.5 Å². The monoisotopic (exact) mass is 366 g/mol. The van der Waals surface area contributed by atoms with Crippen LogP contribution in [0, 0.1) is 3.57 Å². The second-order valence-electron chi connectivity index (χ2n) is 4.89. The molecule has 1 atom stereocenters. The summed E-state index contributed by atoms with van der Waals surface area (Å²) in [6.45, 7) is 3.15. The quantitative estimate of drug-likeness (QED) is 0.653. The van der Waals surface area contributed by atoms with Crippen molar-refractivity contribution in [2.75, 3.05) is 12.8 Å². The normalized spacial score (nSPS) is 12.6. The van der Waals surface area contributed by atoms with Crippen LogP contribution >= 0.6 is 22.6 Å². The third kappa shape index (κ3) is 3.94. The molecule has 19 heavy (non-hydrogen) atoms. The number of hydrogen-bond acceptors (Lipinski definition) is 2. The molecule has 0 aliphatic rings. The molecule has 100 valence electrons. The predicted octanol–water partition coefficient (Wildman–Crippen LogP) is 4.07. The van der Waals surface area contributed by atoms with E-state index in [0.717, 1.165) is 12.2 Å². The van der Waals surface area contributed by atoms with Crippen molar-refractivity contribution in [2.24, 2.45) is 0 Å². The third-order valence-corrected chi connectivity index (χ3v) is 4.12. The van der Waals surface area contributed by atoms with Crippen LogP contribution in [0.4, 0.5) is 5.69 Å². The molecule has 0 saturated carbocycles. The lowest BCUT2D eigenvalue weighted by Crippen LogP contribution is -2.22. The maximum Gasteiger partial charge on any atom is 0.0321 e. The Morgan fingerprint density at radius 3 is 2.47 bits per heavy atom. The number of anilines is 1. The summed E-state index contributed by atoms with van der Waals surface area (Å²) in [5.41, 5.74) is 9.26. The lowest BCUT2D eigenvalue weighted by Gasteiger charge is -2.25. The number of nitrogens with zero attached hydrogens (tertiary/aromatic N) is 1. The summed E-state index contributed by atoms with van der Waals surface area (Å²) in [6, 6.07) is 17.1. The van der Waals surface area contributed by atoms with Gasteiger partial charge in [-0.05, 0) is 72.0 Å². The fraction of sp³-hybridized carbons (Fsp3) is 0.250. The summed E-state index contributed by atoms with van der Waals surface area (Å²) in [4.78, 5) is 2.33. The summed E-state index contributed by atoms with van der Waals surface area (Å²) >= 11 is 2.33. The first-order chi connectivity index (χ1) is 9.06. The Bertz CT molecular complexity index is 537. The molecule has 0 saturated heterocycles. The Morgan fingerprint density at radius 2 is 1.84 bits per heavy atom. The van der Waals surface area contributed by atoms with Crippen molar-refractivity contribution in [3.63, 3.8) is 0 Å². The van der Waals surface area contributed by atoms with E-state index in [9.17, 15) is 0 Å². The van der Waals surface area contributed by atoms with Gasteiger partial charge in [-0.25, -0.2) is 0 Å². The van der Waals surface area contributed by atoms with Gasteiger partial charge < -0.3 is 5.73 Å². The van der Waals surface area contributed by atoms with Gasteiger partial charge in [0.2, 0.25) is 0 Å². The van der Waals surface area contributed by atoms with Gasteiger partial charge in [-0.15, -0.1) is 0 Å². The molecule has 1 unspecified atom stereocenters. The van der Waals surface area contributed by atoms with Gasteiger partial charge in [0.15, 0.2) is 0 Å². The second kappa shape index (κ2) is 6.39. The molecule has 0 bridgehead atoms. The molecule has 2 aromatic rings. The lowest BCUT2D eigenvalue weighted by atomic mass is 10.1. The standard InChI is InChI=1S/C16H19IN2/c1-12(14-4-3-5-16(18)10-14)19(2)11-13-6-8-15(17)9-7-13/h3-10,12H,11,18H2,1-2H3. The molecule has 2 rings (SSSR count). The van der Waals surface area contributed by atoms with Gasteiger partial charge >= 0.3 is 0 Å². The number of hydrogen-bond donors (Lipinski definition) is 1. The lowest BCUT2D eigenvalue weighted by molar-refractivity contribution is 0.253. The van der Waals surface area contributed by atoms with Gasteiger partial charge in [0.1, 0.15) is 0 Å². The van der Waals surface area contributed by atoms with E-state index in [1.807, 2.05) is 12.1 Å². The third-order valence-electron chi connectivity index (χ3n) is 3.40. The van der Waals surface area contributed by atoms with Crippen LogP contribution in [0.2, 0.25) is 0 Å². The maximum atomic E-state index is 5.85. The zero-order valence-electron chi connectivity index (χ0n) is 11.3. The van der Waals surface area contributed by atoms with Crippen LogP contribution in [0.25, 0.3) is 0 Å². The molecule has 0 aliphatic carbocycles. The molecular formula is C16H19IN2. The van der Waals surface area contributed by atoms with E-state index in [4.69, 9.17) is 5.73 Å². The fourth-order valence-electron chi connectivity index (χ4n) is 2.09. The Balaban J connectivity index is 2.07. The predicted molar refractivity (Wildman–Crippen MR) is 89.9 cm³/mol. The van der Waals surface area contributed by atoms with Crippen molar-refractivity contribution in [2.45, 2.75) is 19.5 Å². The molecule has 2 nitrogen and oxygen atoms in total. The average molecular weight is 366 g/mol. The van der Waals surface area contributed by atoms with Crippen LogP contribution in [0.1, 0.15) is 24.1 Å². The van der Waals surface area contributed by atoms with E-state index in [1.54, 1.807) is 0 Å². The van der Waals surface area contributed by atoms with Gasteiger partial charge in [0.05, 0.1) is 0 Å². The molecule has 2 aromatic carbocycles. The summed E-state index contributed by atoms with van der Waals surface area (Å²) in [6.07, 6.45) is 0. The van der Waals surface area contributed by atoms with E-state index in [-0.39, 0.29) is 0 Å². The van der Waals surface area contributed by atoms with Crippen molar-refractivity contribution in [3.8, 4) is 0 Å². The molecule has 0 aliphatic heterocycles. The van der Waals surface area contributed by atoms with Crippen LogP contribution in [-0.2, 0) is 6.54 Å². The summed E-state index contributed by atoms with van der Waals surface area (Å²) in [7, 11) is 2.14.